The van der Waals surface area contributed by atoms with Gasteiger partial charge in [0.15, 0.2) is 0 Å². The summed E-state index contributed by atoms with van der Waals surface area (Å²) in [6.45, 7) is 1.62. The lowest BCUT2D eigenvalue weighted by Gasteiger charge is -2.07. The molecule has 8 nitrogen and oxygen atoms in total. The zero-order valence-electron chi connectivity index (χ0n) is 10.4. The molecule has 0 aliphatic rings. The Morgan fingerprint density at radius 1 is 1.10 bits per heavy atom. The first-order valence-corrected chi connectivity index (χ1v) is 5.59. The van der Waals surface area contributed by atoms with Crippen LogP contribution in [0, 0.1) is 27.2 Å². The Labute approximate surface area is 113 Å². The minimum atomic E-state index is -0.571. The van der Waals surface area contributed by atoms with Gasteiger partial charge >= 0.3 is 5.69 Å². The highest BCUT2D eigenvalue weighted by Gasteiger charge is 2.15. The van der Waals surface area contributed by atoms with Crippen LogP contribution in [-0.2, 0) is 0 Å². The Morgan fingerprint density at radius 2 is 1.80 bits per heavy atom. The van der Waals surface area contributed by atoms with E-state index in [4.69, 9.17) is 0 Å². The van der Waals surface area contributed by atoms with Crippen LogP contribution in [0.4, 0.5) is 22.7 Å². The summed E-state index contributed by atoms with van der Waals surface area (Å²) in [5.74, 6) is 0. The number of aryl methyl sites for hydroxylation is 1. The second kappa shape index (κ2) is 5.31. The van der Waals surface area contributed by atoms with Crippen molar-refractivity contribution < 1.29 is 9.85 Å². The van der Waals surface area contributed by atoms with Gasteiger partial charge in [0.25, 0.3) is 5.69 Å². The summed E-state index contributed by atoms with van der Waals surface area (Å²) in [6.07, 6.45) is 2.52. The van der Waals surface area contributed by atoms with Gasteiger partial charge in [-0.2, -0.15) is 0 Å². The molecule has 0 amide bonds. The lowest BCUT2D eigenvalue weighted by atomic mass is 10.2. The first kappa shape index (κ1) is 13.4. The maximum atomic E-state index is 10.9. The van der Waals surface area contributed by atoms with Gasteiger partial charge in [0.05, 0.1) is 9.85 Å². The average Bonchev–Trinajstić information content (AvgIpc) is 2.41. The van der Waals surface area contributed by atoms with E-state index in [-0.39, 0.29) is 17.1 Å². The minimum absolute atomic E-state index is 0.0493. The smallest absolute Gasteiger partial charge is 0.310 e. The number of benzene rings is 1. The zero-order valence-corrected chi connectivity index (χ0v) is 10.4. The largest absolute Gasteiger partial charge is 0.350 e. The van der Waals surface area contributed by atoms with Crippen LogP contribution in [0.25, 0.3) is 0 Å². The van der Waals surface area contributed by atoms with Crippen LogP contribution in [0.2, 0.25) is 0 Å². The molecule has 1 aromatic heterocycles. The van der Waals surface area contributed by atoms with Crippen molar-refractivity contribution >= 4 is 22.7 Å². The van der Waals surface area contributed by atoms with E-state index in [2.05, 4.69) is 10.3 Å². The predicted octanol–water partition coefficient (Wildman–Crippen LogP) is 2.95. The molecule has 2 aromatic rings. The molecular formula is C12H10N4O4. The fraction of sp³-hybridized carbons (Fsp3) is 0.0833. The molecule has 0 radical (unpaired) electrons. The maximum absolute atomic E-state index is 10.9. The van der Waals surface area contributed by atoms with Crippen molar-refractivity contribution in [3.8, 4) is 0 Å². The number of hydrogen-bond acceptors (Lipinski definition) is 6. The third-order valence-corrected chi connectivity index (χ3v) is 2.68. The molecular weight excluding hydrogens is 264 g/mol. The fourth-order valence-corrected chi connectivity index (χ4v) is 1.68. The Hall–Kier alpha value is -3.03. The highest BCUT2D eigenvalue weighted by atomic mass is 16.6. The van der Waals surface area contributed by atoms with Crippen LogP contribution in [-0.4, -0.2) is 14.8 Å². The molecule has 0 fully saturated rings. The second-order valence-corrected chi connectivity index (χ2v) is 4.03. The SMILES string of the molecule is Cc1ccc(Nc2ccncc2[N+](=O)[O-])cc1[N+](=O)[O-]. The molecule has 0 aliphatic carbocycles. The Balaban J connectivity index is 2.38. The van der Waals surface area contributed by atoms with Crippen molar-refractivity contribution in [2.75, 3.05) is 5.32 Å². The third kappa shape index (κ3) is 2.69. The van der Waals surface area contributed by atoms with Gasteiger partial charge in [-0.1, -0.05) is 6.07 Å². The number of nitrogens with one attached hydrogen (secondary N) is 1. The summed E-state index contributed by atoms with van der Waals surface area (Å²) in [6, 6.07) is 5.96. The molecule has 0 spiro atoms. The lowest BCUT2D eigenvalue weighted by Crippen LogP contribution is -1.99. The zero-order chi connectivity index (χ0) is 14.7. The molecule has 1 heterocycles. The Morgan fingerprint density at radius 3 is 2.45 bits per heavy atom. The second-order valence-electron chi connectivity index (χ2n) is 4.03. The van der Waals surface area contributed by atoms with Gasteiger partial charge in [-0.15, -0.1) is 0 Å². The quantitative estimate of drug-likeness (QED) is 0.677. The van der Waals surface area contributed by atoms with E-state index < -0.39 is 9.85 Å². The predicted molar refractivity (Wildman–Crippen MR) is 72.0 cm³/mol. The molecule has 0 aliphatic heterocycles. The molecule has 0 bridgehead atoms. The average molecular weight is 274 g/mol. The number of anilines is 2. The van der Waals surface area contributed by atoms with Crippen molar-refractivity contribution in [2.24, 2.45) is 0 Å². The molecule has 0 atom stereocenters. The number of aromatic nitrogens is 1. The van der Waals surface area contributed by atoms with E-state index in [0.29, 0.717) is 11.3 Å². The summed E-state index contributed by atoms with van der Waals surface area (Å²) >= 11 is 0. The van der Waals surface area contributed by atoms with E-state index in [1.54, 1.807) is 19.1 Å². The fourth-order valence-electron chi connectivity index (χ4n) is 1.68. The van der Waals surface area contributed by atoms with Gasteiger partial charge in [-0.3, -0.25) is 25.2 Å². The monoisotopic (exact) mass is 274 g/mol. The number of hydrogen-bond donors (Lipinski definition) is 1. The van der Waals surface area contributed by atoms with Gasteiger partial charge in [0.2, 0.25) is 0 Å². The van der Waals surface area contributed by atoms with Crippen molar-refractivity contribution in [1.82, 2.24) is 4.98 Å². The van der Waals surface area contributed by atoms with Crippen LogP contribution in [0.3, 0.4) is 0 Å². The molecule has 0 unspecified atom stereocenters. The summed E-state index contributed by atoms with van der Waals surface area (Å²) in [4.78, 5) is 24.3. The molecule has 1 aromatic carbocycles. The molecule has 0 saturated heterocycles. The van der Waals surface area contributed by atoms with E-state index >= 15 is 0 Å². The summed E-state index contributed by atoms with van der Waals surface area (Å²) < 4.78 is 0. The lowest BCUT2D eigenvalue weighted by molar-refractivity contribution is -0.385. The molecule has 2 rings (SSSR count). The van der Waals surface area contributed by atoms with Crippen molar-refractivity contribution in [2.45, 2.75) is 6.92 Å². The normalized spacial score (nSPS) is 10.1. The molecule has 8 heteroatoms. The van der Waals surface area contributed by atoms with Crippen molar-refractivity contribution in [3.63, 3.8) is 0 Å². The van der Waals surface area contributed by atoms with Gasteiger partial charge < -0.3 is 5.32 Å². The number of nitro groups is 2. The highest BCUT2D eigenvalue weighted by molar-refractivity contribution is 5.70. The number of pyridine rings is 1. The number of nitrogens with zero attached hydrogens (tertiary/aromatic N) is 3. The molecule has 0 saturated carbocycles. The van der Waals surface area contributed by atoms with E-state index in [1.807, 2.05) is 0 Å². The van der Waals surface area contributed by atoms with Gasteiger partial charge in [0, 0.05) is 23.5 Å². The first-order chi connectivity index (χ1) is 9.49. The molecule has 20 heavy (non-hydrogen) atoms. The van der Waals surface area contributed by atoms with Crippen LogP contribution < -0.4 is 5.32 Å². The molecule has 1 N–H and O–H groups in total. The first-order valence-electron chi connectivity index (χ1n) is 5.59. The summed E-state index contributed by atoms with van der Waals surface area (Å²) in [5.41, 5.74) is 0.895. The minimum Gasteiger partial charge on any atom is -0.350 e. The topological polar surface area (TPSA) is 111 Å². The summed E-state index contributed by atoms with van der Waals surface area (Å²) in [7, 11) is 0. The van der Waals surface area contributed by atoms with Gasteiger partial charge in [-0.25, -0.2) is 0 Å². The standard InChI is InChI=1S/C12H10N4O4/c1-8-2-3-9(6-11(8)15(17)18)14-10-4-5-13-7-12(10)16(19)20/h2-7H,1H3,(H,13,14). The van der Waals surface area contributed by atoms with Crippen LogP contribution in [0.15, 0.2) is 36.7 Å². The van der Waals surface area contributed by atoms with E-state index in [0.717, 1.165) is 6.20 Å². The Kier molecular flexibility index (Phi) is 3.56. The Bertz CT molecular complexity index is 687. The van der Waals surface area contributed by atoms with Crippen LogP contribution >= 0.6 is 0 Å². The van der Waals surface area contributed by atoms with E-state index in [9.17, 15) is 20.2 Å². The highest BCUT2D eigenvalue weighted by Crippen LogP contribution is 2.29. The van der Waals surface area contributed by atoms with Gasteiger partial charge in [-0.05, 0) is 19.1 Å². The van der Waals surface area contributed by atoms with E-state index in [1.165, 1.54) is 18.3 Å². The van der Waals surface area contributed by atoms with Crippen molar-refractivity contribution in [3.05, 3.63) is 62.5 Å². The van der Waals surface area contributed by atoms with Gasteiger partial charge in [0.1, 0.15) is 11.9 Å². The van der Waals surface area contributed by atoms with Crippen LogP contribution in [0.1, 0.15) is 5.56 Å². The number of rotatable bonds is 4. The number of nitro benzene ring substituents is 1. The summed E-state index contributed by atoms with van der Waals surface area (Å²) in [5, 5.41) is 24.5. The van der Waals surface area contributed by atoms with Crippen molar-refractivity contribution in [1.29, 1.82) is 0 Å². The van der Waals surface area contributed by atoms with Crippen LogP contribution in [0.5, 0.6) is 0 Å². The molecule has 102 valence electrons. The maximum Gasteiger partial charge on any atom is 0.310 e. The third-order valence-electron chi connectivity index (χ3n) is 2.68.